The van der Waals surface area contributed by atoms with Crippen LogP contribution in [0.1, 0.15) is 40.0 Å². The van der Waals surface area contributed by atoms with E-state index >= 15 is 0 Å². The number of furan rings is 1. The summed E-state index contributed by atoms with van der Waals surface area (Å²) in [5.41, 5.74) is 0. The van der Waals surface area contributed by atoms with Crippen LogP contribution in [0, 0.1) is 6.92 Å². The fourth-order valence-electron chi connectivity index (χ4n) is 2.35. The van der Waals surface area contributed by atoms with E-state index < -0.39 is 0 Å². The van der Waals surface area contributed by atoms with Crippen molar-refractivity contribution in [2.45, 2.75) is 25.7 Å². The number of aryl methyl sites for hydroxylation is 1. The van der Waals surface area contributed by atoms with Crippen molar-refractivity contribution in [3.63, 3.8) is 0 Å². The van der Waals surface area contributed by atoms with E-state index in [1.54, 1.807) is 23.5 Å². The normalized spacial score (nSPS) is 16.2. The van der Waals surface area contributed by atoms with E-state index in [1.165, 1.54) is 4.88 Å². The van der Waals surface area contributed by atoms with Gasteiger partial charge in [0.05, 0.1) is 0 Å². The number of carbonyl (C=O) groups excluding carboxylic acids is 1. The van der Waals surface area contributed by atoms with Crippen LogP contribution < -0.4 is 10.6 Å². The van der Waals surface area contributed by atoms with Crippen LogP contribution in [0.3, 0.4) is 0 Å². The van der Waals surface area contributed by atoms with Crippen molar-refractivity contribution >= 4 is 22.4 Å². The molecule has 0 saturated carbocycles. The predicted molar refractivity (Wildman–Crippen MR) is 78.4 cm³/mol. The molecule has 0 bridgehead atoms. The van der Waals surface area contributed by atoms with Crippen molar-refractivity contribution in [1.82, 2.24) is 10.3 Å². The van der Waals surface area contributed by atoms with E-state index in [-0.39, 0.29) is 5.91 Å². The summed E-state index contributed by atoms with van der Waals surface area (Å²) in [5, 5.41) is 6.78. The number of rotatable bonds is 3. The molecule has 2 N–H and O–H groups in total. The Morgan fingerprint density at radius 3 is 2.95 bits per heavy atom. The van der Waals surface area contributed by atoms with E-state index in [4.69, 9.17) is 4.42 Å². The van der Waals surface area contributed by atoms with Gasteiger partial charge in [0.2, 0.25) is 0 Å². The lowest BCUT2D eigenvalue weighted by molar-refractivity contribution is 0.0995. The summed E-state index contributed by atoms with van der Waals surface area (Å²) in [6.45, 7) is 3.92. The van der Waals surface area contributed by atoms with Gasteiger partial charge in [-0.2, -0.15) is 0 Å². The molecule has 3 heterocycles. The number of piperidine rings is 1. The van der Waals surface area contributed by atoms with Crippen LogP contribution in [0.5, 0.6) is 0 Å². The van der Waals surface area contributed by atoms with Gasteiger partial charge in [-0.15, -0.1) is 11.3 Å². The van der Waals surface area contributed by atoms with Crippen molar-refractivity contribution in [3.05, 3.63) is 34.7 Å². The summed E-state index contributed by atoms with van der Waals surface area (Å²) in [7, 11) is 0. The molecule has 0 atom stereocenters. The lowest BCUT2D eigenvalue weighted by Gasteiger charge is -2.20. The topological polar surface area (TPSA) is 67.2 Å². The molecule has 0 spiro atoms. The number of anilines is 1. The number of amides is 1. The molecule has 1 aliphatic heterocycles. The molecule has 1 amide bonds. The third-order valence-corrected chi connectivity index (χ3v) is 4.52. The van der Waals surface area contributed by atoms with Crippen molar-refractivity contribution in [2.75, 3.05) is 18.4 Å². The number of nitrogens with zero attached hydrogens (tertiary/aromatic N) is 1. The molecule has 1 aliphatic rings. The third kappa shape index (κ3) is 2.91. The SMILES string of the molecule is Cc1ccc(C(=O)Nc2ncc(C3CCNCC3)s2)o1. The van der Waals surface area contributed by atoms with Gasteiger partial charge < -0.3 is 9.73 Å². The second-order valence-electron chi connectivity index (χ2n) is 4.96. The highest BCUT2D eigenvalue weighted by atomic mass is 32.1. The first-order valence-electron chi connectivity index (χ1n) is 6.76. The molecule has 2 aromatic heterocycles. The zero-order valence-corrected chi connectivity index (χ0v) is 12.1. The highest BCUT2D eigenvalue weighted by Gasteiger charge is 2.19. The Morgan fingerprint density at radius 1 is 1.45 bits per heavy atom. The standard InChI is InChI=1S/C14H17N3O2S/c1-9-2-3-11(19-9)13(18)17-14-16-8-12(20-14)10-4-6-15-7-5-10/h2-3,8,10,15H,4-7H2,1H3,(H,16,17,18). The number of aromatic nitrogens is 1. The van der Waals surface area contributed by atoms with E-state index in [0.717, 1.165) is 31.7 Å². The van der Waals surface area contributed by atoms with E-state index in [9.17, 15) is 4.79 Å². The molecule has 1 fully saturated rings. The molecular weight excluding hydrogens is 274 g/mol. The minimum absolute atomic E-state index is 0.246. The summed E-state index contributed by atoms with van der Waals surface area (Å²) in [5.74, 6) is 1.36. The number of nitrogens with one attached hydrogen (secondary N) is 2. The van der Waals surface area contributed by atoms with Gasteiger partial charge in [-0.25, -0.2) is 4.98 Å². The van der Waals surface area contributed by atoms with Crippen LogP contribution in [-0.2, 0) is 0 Å². The van der Waals surface area contributed by atoms with Gasteiger partial charge in [0, 0.05) is 11.1 Å². The van der Waals surface area contributed by atoms with Crippen LogP contribution >= 0.6 is 11.3 Å². The Bertz CT molecular complexity index is 599. The summed E-state index contributed by atoms with van der Waals surface area (Å²) in [6.07, 6.45) is 4.14. The van der Waals surface area contributed by atoms with Gasteiger partial charge in [-0.05, 0) is 50.9 Å². The van der Waals surface area contributed by atoms with Gasteiger partial charge in [0.1, 0.15) is 5.76 Å². The molecule has 0 aromatic carbocycles. The Labute approximate surface area is 121 Å². The van der Waals surface area contributed by atoms with E-state index in [1.807, 2.05) is 13.1 Å². The lowest BCUT2D eigenvalue weighted by Crippen LogP contribution is -2.26. The minimum Gasteiger partial charge on any atom is -0.456 e. The second-order valence-corrected chi connectivity index (χ2v) is 6.02. The second kappa shape index (κ2) is 5.76. The van der Waals surface area contributed by atoms with Crippen molar-refractivity contribution in [1.29, 1.82) is 0 Å². The number of thiazole rings is 1. The maximum absolute atomic E-state index is 12.0. The number of hydrogen-bond donors (Lipinski definition) is 2. The largest absolute Gasteiger partial charge is 0.456 e. The average Bonchev–Trinajstić information content (AvgIpc) is 3.09. The maximum atomic E-state index is 12.0. The molecule has 1 saturated heterocycles. The van der Waals surface area contributed by atoms with Crippen LogP contribution in [0.15, 0.2) is 22.7 Å². The first-order valence-corrected chi connectivity index (χ1v) is 7.58. The van der Waals surface area contributed by atoms with Gasteiger partial charge in [-0.3, -0.25) is 10.1 Å². The summed E-state index contributed by atoms with van der Waals surface area (Å²) in [4.78, 5) is 17.5. The van der Waals surface area contributed by atoms with E-state index in [2.05, 4.69) is 15.6 Å². The fourth-order valence-corrected chi connectivity index (χ4v) is 3.34. The zero-order valence-electron chi connectivity index (χ0n) is 11.3. The van der Waals surface area contributed by atoms with Crippen molar-refractivity contribution in [2.24, 2.45) is 0 Å². The van der Waals surface area contributed by atoms with Gasteiger partial charge in [0.15, 0.2) is 10.9 Å². The summed E-state index contributed by atoms with van der Waals surface area (Å²) < 4.78 is 5.30. The molecule has 0 aliphatic carbocycles. The fraction of sp³-hybridized carbons (Fsp3) is 0.429. The average molecular weight is 291 g/mol. The highest BCUT2D eigenvalue weighted by Crippen LogP contribution is 2.31. The Morgan fingerprint density at radius 2 is 2.25 bits per heavy atom. The van der Waals surface area contributed by atoms with Crippen LogP contribution in [0.4, 0.5) is 5.13 Å². The smallest absolute Gasteiger partial charge is 0.293 e. The monoisotopic (exact) mass is 291 g/mol. The predicted octanol–water partition coefficient (Wildman–Crippen LogP) is 2.76. The van der Waals surface area contributed by atoms with Crippen molar-refractivity contribution in [3.8, 4) is 0 Å². The Hall–Kier alpha value is -1.66. The molecule has 106 valence electrons. The van der Waals surface area contributed by atoms with Gasteiger partial charge in [0.25, 0.3) is 5.91 Å². The van der Waals surface area contributed by atoms with E-state index in [0.29, 0.717) is 16.8 Å². The van der Waals surface area contributed by atoms with Crippen molar-refractivity contribution < 1.29 is 9.21 Å². The van der Waals surface area contributed by atoms with Gasteiger partial charge >= 0.3 is 0 Å². The number of carbonyl (C=O) groups is 1. The summed E-state index contributed by atoms with van der Waals surface area (Å²) in [6, 6.07) is 3.45. The quantitative estimate of drug-likeness (QED) is 0.912. The van der Waals surface area contributed by atoms with Crippen LogP contribution in [0.2, 0.25) is 0 Å². The summed E-state index contributed by atoms with van der Waals surface area (Å²) >= 11 is 1.56. The first kappa shape index (κ1) is 13.3. The Balaban J connectivity index is 1.66. The Kier molecular flexibility index (Phi) is 3.84. The van der Waals surface area contributed by atoms with Gasteiger partial charge in [-0.1, -0.05) is 0 Å². The van der Waals surface area contributed by atoms with Crippen LogP contribution in [-0.4, -0.2) is 24.0 Å². The molecular formula is C14H17N3O2S. The molecule has 2 aromatic rings. The van der Waals surface area contributed by atoms with Crippen LogP contribution in [0.25, 0.3) is 0 Å². The maximum Gasteiger partial charge on any atom is 0.293 e. The lowest BCUT2D eigenvalue weighted by atomic mass is 9.97. The molecule has 20 heavy (non-hydrogen) atoms. The molecule has 6 heteroatoms. The molecule has 3 rings (SSSR count). The number of hydrogen-bond acceptors (Lipinski definition) is 5. The highest BCUT2D eigenvalue weighted by molar-refractivity contribution is 7.15. The molecule has 0 radical (unpaired) electrons. The first-order chi connectivity index (χ1) is 9.72. The zero-order chi connectivity index (χ0) is 13.9. The molecule has 5 nitrogen and oxygen atoms in total. The third-order valence-electron chi connectivity index (χ3n) is 3.45. The minimum atomic E-state index is -0.246. The molecule has 0 unspecified atom stereocenters.